The summed E-state index contributed by atoms with van der Waals surface area (Å²) >= 11 is 0. The fourth-order valence-electron chi connectivity index (χ4n) is 3.35. The highest BCUT2D eigenvalue weighted by molar-refractivity contribution is 5.58. The maximum atomic E-state index is 11.0. The van der Waals surface area contributed by atoms with Crippen LogP contribution in [0, 0.1) is 10.1 Å². The molecule has 10 heteroatoms. The van der Waals surface area contributed by atoms with Gasteiger partial charge in [0, 0.05) is 24.2 Å². The Balaban J connectivity index is 1.56. The summed E-state index contributed by atoms with van der Waals surface area (Å²) in [6.45, 7) is 0.646. The second-order valence-electron chi connectivity index (χ2n) is 6.62. The number of nitro groups is 1. The Bertz CT molecular complexity index is 984. The first-order valence-electron chi connectivity index (χ1n) is 8.72. The van der Waals surface area contributed by atoms with Crippen LogP contribution in [0.2, 0.25) is 0 Å². The van der Waals surface area contributed by atoms with Crippen LogP contribution in [0.1, 0.15) is 29.9 Å². The van der Waals surface area contributed by atoms with E-state index in [1.165, 1.54) is 12.1 Å². The van der Waals surface area contributed by atoms with Crippen molar-refractivity contribution in [2.24, 2.45) is 0 Å². The lowest BCUT2D eigenvalue weighted by Crippen LogP contribution is -2.24. The molecule has 0 spiro atoms. The number of aliphatic hydroxyl groups excluding tert-OH is 2. The molecule has 0 radical (unpaired) electrons. The van der Waals surface area contributed by atoms with Crippen molar-refractivity contribution < 1.29 is 24.1 Å². The number of aliphatic hydroxyl groups is 2. The summed E-state index contributed by atoms with van der Waals surface area (Å²) in [7, 11) is 0. The van der Waals surface area contributed by atoms with E-state index in [1.54, 1.807) is 24.3 Å². The van der Waals surface area contributed by atoms with E-state index >= 15 is 0 Å². The van der Waals surface area contributed by atoms with Crippen LogP contribution >= 0.6 is 0 Å². The van der Waals surface area contributed by atoms with Crippen LogP contribution in [0.4, 0.5) is 5.69 Å². The maximum Gasteiger partial charge on any atom is 0.270 e. The first-order chi connectivity index (χ1) is 13.5. The average Bonchev–Trinajstić information content (AvgIpc) is 3.42. The molecule has 1 fully saturated rings. The molecule has 0 amide bonds. The number of rotatable bonds is 6. The smallest absolute Gasteiger partial charge is 0.270 e. The highest BCUT2D eigenvalue weighted by Crippen LogP contribution is 2.34. The summed E-state index contributed by atoms with van der Waals surface area (Å²) in [5.74, 6) is 1.70. The van der Waals surface area contributed by atoms with Gasteiger partial charge < -0.3 is 19.2 Å². The standard InChI is InChI=1S/C18H18N4O6/c23-10-15-5-4-14(27-15)9-21-8-13(24)7-16(21)18-19-17(20-28-18)11-2-1-3-12(6-11)22(25)26/h1-6,13,16,23-24H,7-10H2/t13-,16+/m1/s1. The number of hydrogen-bond donors (Lipinski definition) is 2. The molecule has 1 aliphatic heterocycles. The highest BCUT2D eigenvalue weighted by atomic mass is 16.6. The summed E-state index contributed by atoms with van der Waals surface area (Å²) in [5.41, 5.74) is 0.423. The van der Waals surface area contributed by atoms with Crippen LogP contribution in [-0.4, -0.2) is 42.8 Å². The van der Waals surface area contributed by atoms with Gasteiger partial charge in [0.05, 0.1) is 23.6 Å². The van der Waals surface area contributed by atoms with Gasteiger partial charge in [0.2, 0.25) is 11.7 Å². The molecular weight excluding hydrogens is 368 g/mol. The summed E-state index contributed by atoms with van der Waals surface area (Å²) < 4.78 is 10.9. The number of nitrogens with zero attached hydrogens (tertiary/aromatic N) is 4. The van der Waals surface area contributed by atoms with Gasteiger partial charge in [-0.2, -0.15) is 4.98 Å². The Hall–Kier alpha value is -3.08. The van der Waals surface area contributed by atoms with E-state index in [1.807, 2.05) is 4.90 Å². The molecule has 0 aliphatic carbocycles. The van der Waals surface area contributed by atoms with Gasteiger partial charge in [-0.25, -0.2) is 0 Å². The number of benzene rings is 1. The van der Waals surface area contributed by atoms with E-state index in [0.29, 0.717) is 42.5 Å². The molecule has 3 aromatic rings. The molecular formula is C18H18N4O6. The van der Waals surface area contributed by atoms with Crippen LogP contribution < -0.4 is 0 Å². The molecule has 146 valence electrons. The third kappa shape index (κ3) is 3.65. The van der Waals surface area contributed by atoms with Gasteiger partial charge in [-0.3, -0.25) is 15.0 Å². The number of nitro benzene ring substituents is 1. The minimum Gasteiger partial charge on any atom is -0.462 e. The number of non-ortho nitro benzene ring substituents is 1. The second-order valence-corrected chi connectivity index (χ2v) is 6.62. The molecule has 1 aliphatic rings. The summed E-state index contributed by atoms with van der Waals surface area (Å²) in [5, 5.41) is 34.1. The zero-order valence-corrected chi connectivity index (χ0v) is 14.8. The van der Waals surface area contributed by atoms with Crippen LogP contribution in [0.3, 0.4) is 0 Å². The van der Waals surface area contributed by atoms with Crippen molar-refractivity contribution in [2.45, 2.75) is 31.7 Å². The molecule has 0 bridgehead atoms. The first kappa shape index (κ1) is 18.3. The van der Waals surface area contributed by atoms with Gasteiger partial charge in [-0.1, -0.05) is 17.3 Å². The minimum absolute atomic E-state index is 0.0562. The zero-order chi connectivity index (χ0) is 19.7. The highest BCUT2D eigenvalue weighted by Gasteiger charge is 2.36. The number of furan rings is 1. The van der Waals surface area contributed by atoms with Gasteiger partial charge in [-0.05, 0) is 18.6 Å². The zero-order valence-electron chi connectivity index (χ0n) is 14.8. The minimum atomic E-state index is -0.551. The van der Waals surface area contributed by atoms with Gasteiger partial charge in [0.15, 0.2) is 0 Å². The molecule has 2 atom stereocenters. The third-order valence-corrected chi connectivity index (χ3v) is 4.66. The average molecular weight is 386 g/mol. The largest absolute Gasteiger partial charge is 0.462 e. The molecule has 0 saturated carbocycles. The fourth-order valence-corrected chi connectivity index (χ4v) is 3.35. The van der Waals surface area contributed by atoms with E-state index in [9.17, 15) is 15.2 Å². The Morgan fingerprint density at radius 1 is 1.29 bits per heavy atom. The molecule has 10 nitrogen and oxygen atoms in total. The molecule has 0 unspecified atom stereocenters. The van der Waals surface area contributed by atoms with Crippen molar-refractivity contribution in [3.63, 3.8) is 0 Å². The molecule has 1 saturated heterocycles. The number of β-amino-alcohol motifs (C(OH)–C–C–N with tert-alkyl or cyclic N) is 1. The van der Waals surface area contributed by atoms with Gasteiger partial charge >= 0.3 is 0 Å². The lowest BCUT2D eigenvalue weighted by Gasteiger charge is -2.19. The van der Waals surface area contributed by atoms with Gasteiger partial charge in [0.1, 0.15) is 18.1 Å². The van der Waals surface area contributed by atoms with E-state index in [4.69, 9.17) is 14.0 Å². The van der Waals surface area contributed by atoms with E-state index < -0.39 is 11.0 Å². The molecule has 2 aromatic heterocycles. The Morgan fingerprint density at radius 3 is 2.86 bits per heavy atom. The van der Waals surface area contributed by atoms with Gasteiger partial charge in [-0.15, -0.1) is 0 Å². The topological polar surface area (TPSA) is 139 Å². The number of likely N-dealkylation sites (tertiary alicyclic amines) is 1. The molecule has 2 N–H and O–H groups in total. The summed E-state index contributed by atoms with van der Waals surface area (Å²) in [6, 6.07) is 9.17. The number of aromatic nitrogens is 2. The van der Waals surface area contributed by atoms with Crippen molar-refractivity contribution in [3.05, 3.63) is 63.9 Å². The number of hydrogen-bond acceptors (Lipinski definition) is 9. The van der Waals surface area contributed by atoms with Crippen molar-refractivity contribution >= 4 is 5.69 Å². The van der Waals surface area contributed by atoms with Crippen LogP contribution in [0.15, 0.2) is 45.3 Å². The van der Waals surface area contributed by atoms with E-state index in [2.05, 4.69) is 10.1 Å². The van der Waals surface area contributed by atoms with Crippen molar-refractivity contribution in [1.82, 2.24) is 15.0 Å². The lowest BCUT2D eigenvalue weighted by molar-refractivity contribution is -0.384. The normalized spacial score (nSPS) is 19.9. The van der Waals surface area contributed by atoms with E-state index in [0.717, 1.165) is 0 Å². The van der Waals surface area contributed by atoms with Crippen LogP contribution in [-0.2, 0) is 13.2 Å². The Morgan fingerprint density at radius 2 is 2.11 bits per heavy atom. The molecule has 28 heavy (non-hydrogen) atoms. The summed E-state index contributed by atoms with van der Waals surface area (Å²) in [4.78, 5) is 16.8. The van der Waals surface area contributed by atoms with Crippen molar-refractivity contribution in [1.29, 1.82) is 0 Å². The predicted molar refractivity (Wildman–Crippen MR) is 94.8 cm³/mol. The SMILES string of the molecule is O=[N+]([O-])c1cccc(-c2noc([C@@H]3C[C@@H](O)CN3Cc3ccc(CO)o3)n2)c1. The predicted octanol–water partition coefficient (Wildman–Crippen LogP) is 2.04. The molecule has 4 rings (SSSR count). The Kier molecular flexibility index (Phi) is 4.90. The quantitative estimate of drug-likeness (QED) is 0.481. The molecule has 1 aromatic carbocycles. The van der Waals surface area contributed by atoms with Crippen LogP contribution in [0.5, 0.6) is 0 Å². The van der Waals surface area contributed by atoms with Crippen molar-refractivity contribution in [3.8, 4) is 11.4 Å². The van der Waals surface area contributed by atoms with Crippen molar-refractivity contribution in [2.75, 3.05) is 6.54 Å². The van der Waals surface area contributed by atoms with Gasteiger partial charge in [0.25, 0.3) is 5.69 Å². The Labute approximate surface area is 159 Å². The first-order valence-corrected chi connectivity index (χ1v) is 8.72. The molecule has 3 heterocycles. The second kappa shape index (κ2) is 7.50. The third-order valence-electron chi connectivity index (χ3n) is 4.66. The monoisotopic (exact) mass is 386 g/mol. The fraction of sp³-hybridized carbons (Fsp3) is 0.333. The summed E-state index contributed by atoms with van der Waals surface area (Å²) in [6.07, 6.45) is -0.130. The van der Waals surface area contributed by atoms with E-state index in [-0.39, 0.29) is 24.2 Å². The van der Waals surface area contributed by atoms with Crippen LogP contribution in [0.25, 0.3) is 11.4 Å². The lowest BCUT2D eigenvalue weighted by atomic mass is 10.2. The maximum absolute atomic E-state index is 11.0.